The van der Waals surface area contributed by atoms with Crippen LogP contribution in [0, 0.1) is 6.92 Å². The highest BCUT2D eigenvalue weighted by Gasteiger charge is 1.96. The number of ether oxygens (including phenoxy) is 1. The van der Waals surface area contributed by atoms with Crippen molar-refractivity contribution < 1.29 is 4.74 Å². The number of aromatic nitrogens is 1. The molecule has 0 unspecified atom stereocenters. The molecule has 3 nitrogen and oxygen atoms in total. The Kier molecular flexibility index (Phi) is 3.54. The van der Waals surface area contributed by atoms with E-state index in [1.807, 2.05) is 26.1 Å². The summed E-state index contributed by atoms with van der Waals surface area (Å²) in [5.41, 5.74) is 0.939. The molecular weight excluding hydrogens is 152 g/mol. The molecule has 0 saturated heterocycles. The molecule has 1 aromatic rings. The summed E-state index contributed by atoms with van der Waals surface area (Å²) < 4.78 is 5.45. The summed E-state index contributed by atoms with van der Waals surface area (Å²) in [7, 11) is 1.90. The van der Waals surface area contributed by atoms with Crippen molar-refractivity contribution in [3.05, 3.63) is 24.0 Å². The molecule has 0 radical (unpaired) electrons. The summed E-state index contributed by atoms with van der Waals surface area (Å²) in [6.07, 6.45) is 1.76. The number of rotatable bonds is 4. The van der Waals surface area contributed by atoms with Crippen LogP contribution in [0.1, 0.15) is 5.69 Å². The van der Waals surface area contributed by atoms with Gasteiger partial charge in [0.15, 0.2) is 0 Å². The largest absolute Gasteiger partial charge is 0.490 e. The van der Waals surface area contributed by atoms with Crippen molar-refractivity contribution in [2.75, 3.05) is 20.2 Å². The van der Waals surface area contributed by atoms with Crippen molar-refractivity contribution in [2.45, 2.75) is 6.92 Å². The Morgan fingerprint density at radius 2 is 2.42 bits per heavy atom. The Morgan fingerprint density at radius 3 is 3.08 bits per heavy atom. The lowest BCUT2D eigenvalue weighted by molar-refractivity contribution is 0.315. The molecule has 3 heteroatoms. The fourth-order valence-corrected chi connectivity index (χ4v) is 0.885. The van der Waals surface area contributed by atoms with Crippen molar-refractivity contribution in [1.82, 2.24) is 10.3 Å². The summed E-state index contributed by atoms with van der Waals surface area (Å²) in [5, 5.41) is 3.01. The van der Waals surface area contributed by atoms with Gasteiger partial charge in [-0.15, -0.1) is 0 Å². The van der Waals surface area contributed by atoms with E-state index >= 15 is 0 Å². The molecule has 0 aliphatic heterocycles. The minimum absolute atomic E-state index is 0.684. The Hall–Kier alpha value is -1.09. The SMILES string of the molecule is CNCCOc1cccnc1C. The van der Waals surface area contributed by atoms with Crippen LogP contribution in [0.5, 0.6) is 5.75 Å². The predicted molar refractivity (Wildman–Crippen MR) is 48.4 cm³/mol. The lowest BCUT2D eigenvalue weighted by Gasteiger charge is -2.06. The van der Waals surface area contributed by atoms with Gasteiger partial charge in [-0.2, -0.15) is 0 Å². The van der Waals surface area contributed by atoms with Crippen LogP contribution in [0.3, 0.4) is 0 Å². The molecule has 1 aromatic heterocycles. The van der Waals surface area contributed by atoms with Crippen LogP contribution >= 0.6 is 0 Å². The van der Waals surface area contributed by atoms with Crippen LogP contribution in [0.15, 0.2) is 18.3 Å². The van der Waals surface area contributed by atoms with E-state index in [0.717, 1.165) is 18.0 Å². The van der Waals surface area contributed by atoms with E-state index in [1.165, 1.54) is 0 Å². The Labute approximate surface area is 72.8 Å². The van der Waals surface area contributed by atoms with Gasteiger partial charge in [0, 0.05) is 12.7 Å². The number of nitrogens with one attached hydrogen (secondary N) is 1. The fraction of sp³-hybridized carbons (Fsp3) is 0.444. The van der Waals surface area contributed by atoms with Crippen LogP contribution < -0.4 is 10.1 Å². The normalized spacial score (nSPS) is 9.83. The smallest absolute Gasteiger partial charge is 0.140 e. The first kappa shape index (κ1) is 9.00. The zero-order valence-electron chi connectivity index (χ0n) is 7.50. The van der Waals surface area contributed by atoms with Crippen LogP contribution in [-0.2, 0) is 0 Å². The number of pyridine rings is 1. The molecule has 0 aliphatic carbocycles. The van der Waals surface area contributed by atoms with E-state index < -0.39 is 0 Å². The molecule has 0 atom stereocenters. The third-order valence-corrected chi connectivity index (χ3v) is 1.57. The van der Waals surface area contributed by atoms with E-state index in [1.54, 1.807) is 6.20 Å². The standard InChI is InChI=1S/C9H14N2O/c1-8-9(4-3-5-11-8)12-7-6-10-2/h3-5,10H,6-7H2,1-2H3. The molecule has 12 heavy (non-hydrogen) atoms. The van der Waals surface area contributed by atoms with Crippen LogP contribution in [0.4, 0.5) is 0 Å². The minimum Gasteiger partial charge on any atom is -0.490 e. The summed E-state index contributed by atoms with van der Waals surface area (Å²) in [6.45, 7) is 3.48. The first-order valence-corrected chi connectivity index (χ1v) is 4.03. The molecule has 0 fully saturated rings. The van der Waals surface area contributed by atoms with Gasteiger partial charge in [0.25, 0.3) is 0 Å². The number of aryl methyl sites for hydroxylation is 1. The highest BCUT2D eigenvalue weighted by atomic mass is 16.5. The van der Waals surface area contributed by atoms with Gasteiger partial charge in [0.1, 0.15) is 12.4 Å². The second kappa shape index (κ2) is 4.72. The van der Waals surface area contributed by atoms with Gasteiger partial charge in [-0.05, 0) is 26.1 Å². The molecule has 0 spiro atoms. The van der Waals surface area contributed by atoms with Gasteiger partial charge in [0.2, 0.25) is 0 Å². The van der Waals surface area contributed by atoms with Crippen molar-refractivity contribution in [2.24, 2.45) is 0 Å². The zero-order chi connectivity index (χ0) is 8.81. The second-order valence-electron chi connectivity index (χ2n) is 2.54. The zero-order valence-corrected chi connectivity index (χ0v) is 7.50. The van der Waals surface area contributed by atoms with Gasteiger partial charge in [0.05, 0.1) is 5.69 Å². The summed E-state index contributed by atoms with van der Waals surface area (Å²) >= 11 is 0. The number of hydrogen-bond acceptors (Lipinski definition) is 3. The average molecular weight is 166 g/mol. The fourth-order valence-electron chi connectivity index (χ4n) is 0.885. The van der Waals surface area contributed by atoms with E-state index in [4.69, 9.17) is 4.74 Å². The van der Waals surface area contributed by atoms with Gasteiger partial charge in [-0.25, -0.2) is 0 Å². The summed E-state index contributed by atoms with van der Waals surface area (Å²) in [5.74, 6) is 0.868. The molecule has 0 aromatic carbocycles. The Balaban J connectivity index is 2.46. The molecule has 0 amide bonds. The lowest BCUT2D eigenvalue weighted by Crippen LogP contribution is -2.16. The highest BCUT2D eigenvalue weighted by Crippen LogP contribution is 2.12. The molecule has 0 aliphatic rings. The first-order valence-electron chi connectivity index (χ1n) is 4.03. The third-order valence-electron chi connectivity index (χ3n) is 1.57. The van der Waals surface area contributed by atoms with Gasteiger partial charge in [-0.1, -0.05) is 0 Å². The third kappa shape index (κ3) is 2.51. The van der Waals surface area contributed by atoms with Crippen molar-refractivity contribution >= 4 is 0 Å². The molecule has 1 heterocycles. The molecule has 66 valence electrons. The van der Waals surface area contributed by atoms with Gasteiger partial charge in [-0.3, -0.25) is 4.98 Å². The van der Waals surface area contributed by atoms with Crippen molar-refractivity contribution in [1.29, 1.82) is 0 Å². The van der Waals surface area contributed by atoms with Crippen LogP contribution in [0.2, 0.25) is 0 Å². The minimum atomic E-state index is 0.684. The molecular formula is C9H14N2O. The molecule has 0 bridgehead atoms. The van der Waals surface area contributed by atoms with Gasteiger partial charge >= 0.3 is 0 Å². The lowest BCUT2D eigenvalue weighted by atomic mass is 10.3. The van der Waals surface area contributed by atoms with Crippen molar-refractivity contribution in [3.8, 4) is 5.75 Å². The summed E-state index contributed by atoms with van der Waals surface area (Å²) in [6, 6.07) is 3.81. The highest BCUT2D eigenvalue weighted by molar-refractivity contribution is 5.25. The number of likely N-dealkylation sites (N-methyl/N-ethyl adjacent to an activating group) is 1. The molecule has 1 rings (SSSR count). The van der Waals surface area contributed by atoms with E-state index in [2.05, 4.69) is 10.3 Å². The van der Waals surface area contributed by atoms with E-state index in [-0.39, 0.29) is 0 Å². The molecule has 0 saturated carbocycles. The maximum Gasteiger partial charge on any atom is 0.140 e. The molecule has 1 N–H and O–H groups in total. The van der Waals surface area contributed by atoms with Crippen molar-refractivity contribution in [3.63, 3.8) is 0 Å². The Morgan fingerprint density at radius 1 is 1.58 bits per heavy atom. The second-order valence-corrected chi connectivity index (χ2v) is 2.54. The average Bonchev–Trinajstić information content (AvgIpc) is 2.09. The monoisotopic (exact) mass is 166 g/mol. The quantitative estimate of drug-likeness (QED) is 0.677. The number of hydrogen-bond donors (Lipinski definition) is 1. The predicted octanol–water partition coefficient (Wildman–Crippen LogP) is 0.988. The van der Waals surface area contributed by atoms with E-state index in [9.17, 15) is 0 Å². The number of nitrogens with zero attached hydrogens (tertiary/aromatic N) is 1. The summed E-state index contributed by atoms with van der Waals surface area (Å²) in [4.78, 5) is 4.11. The van der Waals surface area contributed by atoms with Crippen LogP contribution in [0.25, 0.3) is 0 Å². The van der Waals surface area contributed by atoms with Crippen LogP contribution in [-0.4, -0.2) is 25.2 Å². The maximum atomic E-state index is 5.45. The maximum absolute atomic E-state index is 5.45. The first-order chi connectivity index (χ1) is 5.84. The van der Waals surface area contributed by atoms with Gasteiger partial charge < -0.3 is 10.1 Å². The Bertz CT molecular complexity index is 238. The van der Waals surface area contributed by atoms with E-state index in [0.29, 0.717) is 6.61 Å². The topological polar surface area (TPSA) is 34.1 Å².